The minimum Gasteiger partial charge on any atom is -0.390 e. The summed E-state index contributed by atoms with van der Waals surface area (Å²) >= 11 is 1.59. The zero-order chi connectivity index (χ0) is 11.6. The number of aromatic nitrogens is 1. The first-order valence-corrected chi connectivity index (χ1v) is 6.02. The Labute approximate surface area is 94.8 Å². The summed E-state index contributed by atoms with van der Waals surface area (Å²) in [5, 5.41) is 20.3. The van der Waals surface area contributed by atoms with Crippen LogP contribution in [-0.2, 0) is 6.42 Å². The van der Waals surface area contributed by atoms with E-state index in [1.165, 1.54) is 4.88 Å². The van der Waals surface area contributed by atoms with Crippen molar-refractivity contribution in [1.29, 1.82) is 0 Å². The molecule has 0 aliphatic carbocycles. The molecule has 0 aliphatic rings. The zero-order valence-electron chi connectivity index (χ0n) is 9.69. The van der Waals surface area contributed by atoms with E-state index in [-0.39, 0.29) is 5.92 Å². The van der Waals surface area contributed by atoms with Crippen LogP contribution >= 0.6 is 11.3 Å². The molecule has 3 nitrogen and oxygen atoms in total. The van der Waals surface area contributed by atoms with E-state index in [2.05, 4.69) is 4.98 Å². The van der Waals surface area contributed by atoms with E-state index in [0.717, 1.165) is 10.7 Å². The summed E-state index contributed by atoms with van der Waals surface area (Å²) in [6.45, 7) is 7.76. The van der Waals surface area contributed by atoms with Gasteiger partial charge in [-0.25, -0.2) is 4.98 Å². The first-order valence-electron chi connectivity index (χ1n) is 5.21. The van der Waals surface area contributed by atoms with Crippen molar-refractivity contribution >= 4 is 11.3 Å². The van der Waals surface area contributed by atoms with Crippen LogP contribution in [0.3, 0.4) is 0 Å². The lowest BCUT2D eigenvalue weighted by atomic mass is 10.00. The Balaban J connectivity index is 2.62. The van der Waals surface area contributed by atoms with E-state index >= 15 is 0 Å². The molecule has 0 bridgehead atoms. The Morgan fingerprint density at radius 3 is 2.27 bits per heavy atom. The molecule has 86 valence electrons. The van der Waals surface area contributed by atoms with Gasteiger partial charge in [0.25, 0.3) is 0 Å². The number of aliphatic hydroxyl groups is 2. The molecule has 1 heterocycles. The average molecular weight is 229 g/mol. The van der Waals surface area contributed by atoms with Gasteiger partial charge >= 0.3 is 0 Å². The van der Waals surface area contributed by atoms with Gasteiger partial charge in [-0.15, -0.1) is 11.3 Å². The first kappa shape index (κ1) is 12.6. The third kappa shape index (κ3) is 3.26. The highest BCUT2D eigenvalue weighted by Crippen LogP contribution is 2.19. The van der Waals surface area contributed by atoms with Gasteiger partial charge in [0, 0.05) is 11.3 Å². The standard InChI is InChI=1S/C11H19NO2S/c1-6(2)11(14)9(13)5-10-12-7(3)8(4)15-10/h6,9,11,13-14H,5H2,1-4H3. The molecule has 0 radical (unpaired) electrons. The van der Waals surface area contributed by atoms with Gasteiger partial charge in [0.05, 0.1) is 22.9 Å². The molecule has 0 aliphatic heterocycles. The average Bonchev–Trinajstić information content (AvgIpc) is 2.44. The molecule has 0 saturated carbocycles. The van der Waals surface area contributed by atoms with E-state index in [0.29, 0.717) is 6.42 Å². The largest absolute Gasteiger partial charge is 0.390 e. The third-order valence-electron chi connectivity index (χ3n) is 2.53. The van der Waals surface area contributed by atoms with Crippen molar-refractivity contribution in [2.75, 3.05) is 0 Å². The van der Waals surface area contributed by atoms with Gasteiger partial charge in [-0.05, 0) is 19.8 Å². The maximum atomic E-state index is 9.76. The van der Waals surface area contributed by atoms with Crippen LogP contribution in [0, 0.1) is 19.8 Å². The second-order valence-electron chi connectivity index (χ2n) is 4.26. The Morgan fingerprint density at radius 1 is 1.27 bits per heavy atom. The lowest BCUT2D eigenvalue weighted by Gasteiger charge is -2.19. The summed E-state index contributed by atoms with van der Waals surface area (Å²) in [7, 11) is 0. The Hall–Kier alpha value is -0.450. The van der Waals surface area contributed by atoms with Gasteiger partial charge < -0.3 is 10.2 Å². The molecular formula is C11H19NO2S. The summed E-state index contributed by atoms with van der Waals surface area (Å²) in [6.07, 6.45) is -0.942. The molecule has 2 atom stereocenters. The molecule has 1 aromatic heterocycles. The van der Waals surface area contributed by atoms with Gasteiger partial charge in [0.15, 0.2) is 0 Å². The van der Waals surface area contributed by atoms with Crippen LogP contribution in [0.4, 0.5) is 0 Å². The van der Waals surface area contributed by atoms with Crippen LogP contribution in [0.5, 0.6) is 0 Å². The summed E-state index contributed by atoms with van der Waals surface area (Å²) in [4.78, 5) is 5.52. The predicted molar refractivity (Wildman–Crippen MR) is 62.1 cm³/mol. The van der Waals surface area contributed by atoms with Crippen molar-refractivity contribution in [2.24, 2.45) is 5.92 Å². The number of aryl methyl sites for hydroxylation is 2. The smallest absolute Gasteiger partial charge is 0.0957 e. The van der Waals surface area contributed by atoms with Gasteiger partial charge in [-0.3, -0.25) is 0 Å². The van der Waals surface area contributed by atoms with Crippen LogP contribution in [0.15, 0.2) is 0 Å². The number of nitrogens with zero attached hydrogens (tertiary/aromatic N) is 1. The summed E-state index contributed by atoms with van der Waals surface area (Å²) in [6, 6.07) is 0. The van der Waals surface area contributed by atoms with E-state index in [1.807, 2.05) is 27.7 Å². The molecule has 0 spiro atoms. The van der Waals surface area contributed by atoms with E-state index < -0.39 is 12.2 Å². The normalized spacial score (nSPS) is 15.7. The highest BCUT2D eigenvalue weighted by Gasteiger charge is 2.21. The maximum Gasteiger partial charge on any atom is 0.0957 e. The summed E-state index contributed by atoms with van der Waals surface area (Å²) < 4.78 is 0. The van der Waals surface area contributed by atoms with Crippen molar-refractivity contribution < 1.29 is 10.2 Å². The quantitative estimate of drug-likeness (QED) is 0.826. The molecular weight excluding hydrogens is 210 g/mol. The molecule has 2 unspecified atom stereocenters. The molecule has 1 rings (SSSR count). The van der Waals surface area contributed by atoms with Crippen LogP contribution < -0.4 is 0 Å². The van der Waals surface area contributed by atoms with Crippen molar-refractivity contribution in [3.63, 3.8) is 0 Å². The van der Waals surface area contributed by atoms with Gasteiger partial charge in [0.2, 0.25) is 0 Å². The maximum absolute atomic E-state index is 9.76. The predicted octanol–water partition coefficient (Wildman–Crippen LogP) is 1.68. The second-order valence-corrected chi connectivity index (χ2v) is 5.54. The molecule has 1 aromatic rings. The van der Waals surface area contributed by atoms with E-state index in [9.17, 15) is 10.2 Å². The second kappa shape index (κ2) is 5.05. The van der Waals surface area contributed by atoms with E-state index in [1.54, 1.807) is 11.3 Å². The SMILES string of the molecule is Cc1nc(CC(O)C(O)C(C)C)sc1C. The fourth-order valence-electron chi connectivity index (χ4n) is 1.37. The van der Waals surface area contributed by atoms with Crippen molar-refractivity contribution in [3.8, 4) is 0 Å². The van der Waals surface area contributed by atoms with Crippen LogP contribution in [0.1, 0.15) is 29.4 Å². The highest BCUT2D eigenvalue weighted by atomic mass is 32.1. The van der Waals surface area contributed by atoms with Gasteiger partial charge in [-0.2, -0.15) is 0 Å². The number of hydrogen-bond donors (Lipinski definition) is 2. The molecule has 0 saturated heterocycles. The monoisotopic (exact) mass is 229 g/mol. The number of hydrogen-bond acceptors (Lipinski definition) is 4. The molecule has 0 aromatic carbocycles. The first-order chi connectivity index (χ1) is 6.91. The number of thiazole rings is 1. The minimum absolute atomic E-state index is 0.0714. The fraction of sp³-hybridized carbons (Fsp3) is 0.727. The molecule has 2 N–H and O–H groups in total. The van der Waals surface area contributed by atoms with Crippen molar-refractivity contribution in [3.05, 3.63) is 15.6 Å². The Morgan fingerprint density at radius 2 is 1.87 bits per heavy atom. The van der Waals surface area contributed by atoms with Crippen LogP contribution in [-0.4, -0.2) is 27.4 Å². The third-order valence-corrected chi connectivity index (χ3v) is 3.63. The molecule has 15 heavy (non-hydrogen) atoms. The molecule has 4 heteroatoms. The Bertz CT molecular complexity index is 303. The van der Waals surface area contributed by atoms with Gasteiger partial charge in [-0.1, -0.05) is 13.8 Å². The van der Waals surface area contributed by atoms with Crippen molar-refractivity contribution in [2.45, 2.75) is 46.3 Å². The van der Waals surface area contributed by atoms with Gasteiger partial charge in [0.1, 0.15) is 0 Å². The van der Waals surface area contributed by atoms with Crippen molar-refractivity contribution in [1.82, 2.24) is 4.98 Å². The Kier molecular flexibility index (Phi) is 4.25. The van der Waals surface area contributed by atoms with Crippen LogP contribution in [0.25, 0.3) is 0 Å². The summed E-state index contributed by atoms with van der Waals surface area (Å²) in [5.74, 6) is 0.0714. The highest BCUT2D eigenvalue weighted by molar-refractivity contribution is 7.11. The lowest BCUT2D eigenvalue weighted by molar-refractivity contribution is -0.00734. The number of aliphatic hydroxyl groups excluding tert-OH is 2. The lowest BCUT2D eigenvalue weighted by Crippen LogP contribution is -2.32. The number of rotatable bonds is 4. The fourth-order valence-corrected chi connectivity index (χ4v) is 2.35. The summed E-state index contributed by atoms with van der Waals surface area (Å²) in [5.41, 5.74) is 1.02. The minimum atomic E-state index is -0.713. The topological polar surface area (TPSA) is 53.4 Å². The zero-order valence-corrected chi connectivity index (χ0v) is 10.5. The van der Waals surface area contributed by atoms with Crippen LogP contribution in [0.2, 0.25) is 0 Å². The van der Waals surface area contributed by atoms with E-state index in [4.69, 9.17) is 0 Å². The molecule has 0 fully saturated rings. The molecule has 0 amide bonds.